The molecule has 0 spiro atoms. The van der Waals surface area contributed by atoms with Gasteiger partial charge in [-0.2, -0.15) is 0 Å². The third-order valence-electron chi connectivity index (χ3n) is 4.93. The predicted octanol–water partition coefficient (Wildman–Crippen LogP) is 3.52. The molecule has 26 heavy (non-hydrogen) atoms. The van der Waals surface area contributed by atoms with E-state index in [0.29, 0.717) is 17.7 Å². The van der Waals surface area contributed by atoms with Crippen molar-refractivity contribution in [3.05, 3.63) is 57.9 Å². The van der Waals surface area contributed by atoms with E-state index in [2.05, 4.69) is 12.1 Å². The summed E-state index contributed by atoms with van der Waals surface area (Å²) >= 11 is 0. The van der Waals surface area contributed by atoms with E-state index in [1.807, 2.05) is 35.8 Å². The topological polar surface area (TPSA) is 49.7 Å². The molecule has 0 radical (unpaired) electrons. The Balaban J connectivity index is 1.96. The molecule has 0 N–H and O–H groups in total. The highest BCUT2D eigenvalue weighted by atomic mass is 16.7. The lowest BCUT2D eigenvalue weighted by Gasteiger charge is -2.24. The van der Waals surface area contributed by atoms with Crippen LogP contribution in [0.3, 0.4) is 0 Å². The molecule has 0 saturated heterocycles. The van der Waals surface area contributed by atoms with E-state index in [1.54, 1.807) is 14.2 Å². The van der Waals surface area contributed by atoms with Crippen LogP contribution in [0.15, 0.2) is 41.2 Å². The summed E-state index contributed by atoms with van der Waals surface area (Å²) in [7, 11) is 3.19. The van der Waals surface area contributed by atoms with E-state index in [0.717, 1.165) is 34.4 Å². The van der Waals surface area contributed by atoms with Crippen molar-refractivity contribution in [1.29, 1.82) is 0 Å². The lowest BCUT2D eigenvalue weighted by Crippen LogP contribution is -2.26. The molecule has 1 aliphatic heterocycles. The Bertz CT molecular complexity index is 1050. The van der Waals surface area contributed by atoms with Crippen molar-refractivity contribution in [1.82, 2.24) is 4.57 Å². The van der Waals surface area contributed by atoms with E-state index in [4.69, 9.17) is 14.2 Å². The summed E-state index contributed by atoms with van der Waals surface area (Å²) in [4.78, 5) is 13.1. The molecule has 5 nitrogen and oxygen atoms in total. The van der Waals surface area contributed by atoms with E-state index in [-0.39, 0.29) is 12.4 Å². The Morgan fingerprint density at radius 2 is 1.96 bits per heavy atom. The summed E-state index contributed by atoms with van der Waals surface area (Å²) in [6, 6.07) is 11.9. The molecule has 2 heterocycles. The zero-order chi connectivity index (χ0) is 18.3. The van der Waals surface area contributed by atoms with Gasteiger partial charge in [0.1, 0.15) is 11.5 Å². The van der Waals surface area contributed by atoms with Crippen molar-refractivity contribution < 1.29 is 14.2 Å². The summed E-state index contributed by atoms with van der Waals surface area (Å²) < 4.78 is 18.0. The number of benzene rings is 2. The average Bonchev–Trinajstić information content (AvgIpc) is 2.65. The molecule has 3 aromatic rings. The minimum Gasteiger partial charge on any atom is -0.496 e. The second-order valence-electron chi connectivity index (χ2n) is 6.49. The minimum absolute atomic E-state index is 0.0134. The molecule has 5 heteroatoms. The first-order valence-electron chi connectivity index (χ1n) is 8.60. The van der Waals surface area contributed by atoms with Gasteiger partial charge in [0, 0.05) is 19.2 Å². The normalized spacial score (nSPS) is 12.6. The van der Waals surface area contributed by atoms with Gasteiger partial charge in [-0.1, -0.05) is 18.2 Å². The number of nitrogens with zero attached hydrogens (tertiary/aromatic N) is 1. The lowest BCUT2D eigenvalue weighted by molar-refractivity contribution is 0.0506. The van der Waals surface area contributed by atoms with E-state index in [9.17, 15) is 4.79 Å². The maximum absolute atomic E-state index is 13.1. The van der Waals surface area contributed by atoms with Gasteiger partial charge >= 0.3 is 0 Å². The van der Waals surface area contributed by atoms with Crippen LogP contribution in [0.5, 0.6) is 11.5 Å². The first-order valence-corrected chi connectivity index (χ1v) is 8.60. The fourth-order valence-electron chi connectivity index (χ4n) is 3.69. The maximum Gasteiger partial charge on any atom is 0.262 e. The predicted molar refractivity (Wildman–Crippen MR) is 101 cm³/mol. The van der Waals surface area contributed by atoms with Crippen LogP contribution < -0.4 is 15.0 Å². The van der Waals surface area contributed by atoms with Gasteiger partial charge in [0.05, 0.1) is 18.2 Å². The highest BCUT2D eigenvalue weighted by molar-refractivity contribution is 5.91. The number of hydrogen-bond acceptors (Lipinski definition) is 4. The third kappa shape index (κ3) is 2.56. The van der Waals surface area contributed by atoms with Crippen LogP contribution in [0.2, 0.25) is 0 Å². The molecule has 0 aliphatic carbocycles. The Morgan fingerprint density at radius 3 is 2.73 bits per heavy atom. The Labute approximate surface area is 151 Å². The number of fused-ring (bicyclic) bond motifs is 4. The summed E-state index contributed by atoms with van der Waals surface area (Å²) in [5.41, 5.74) is 4.24. The zero-order valence-corrected chi connectivity index (χ0v) is 15.2. The summed E-state index contributed by atoms with van der Waals surface area (Å²) in [6.45, 7) is 2.88. The van der Waals surface area contributed by atoms with Crippen molar-refractivity contribution in [3.63, 3.8) is 0 Å². The molecular formula is C21H21NO4. The molecule has 0 unspecified atom stereocenters. The fraction of sp³-hybridized carbons (Fsp3) is 0.286. The lowest BCUT2D eigenvalue weighted by atomic mass is 9.93. The van der Waals surface area contributed by atoms with Crippen molar-refractivity contribution >= 4 is 10.8 Å². The van der Waals surface area contributed by atoms with Crippen LogP contribution in [0.25, 0.3) is 22.0 Å². The van der Waals surface area contributed by atoms with Gasteiger partial charge < -0.3 is 18.8 Å². The fourth-order valence-corrected chi connectivity index (χ4v) is 3.69. The van der Waals surface area contributed by atoms with Gasteiger partial charge in [0.2, 0.25) is 0 Å². The number of ether oxygens (including phenoxy) is 3. The van der Waals surface area contributed by atoms with Crippen molar-refractivity contribution in [2.45, 2.75) is 19.9 Å². The highest BCUT2D eigenvalue weighted by Gasteiger charge is 2.21. The molecule has 0 atom stereocenters. The van der Waals surface area contributed by atoms with Crippen molar-refractivity contribution in [2.24, 2.45) is 0 Å². The van der Waals surface area contributed by atoms with Crippen LogP contribution in [0.1, 0.15) is 11.1 Å². The first kappa shape index (κ1) is 16.7. The number of pyridine rings is 1. The summed E-state index contributed by atoms with van der Waals surface area (Å²) in [5, 5.41) is 1.51. The molecule has 0 fully saturated rings. The van der Waals surface area contributed by atoms with Crippen LogP contribution in [0.4, 0.5) is 0 Å². The molecule has 134 valence electrons. The quantitative estimate of drug-likeness (QED) is 0.675. The van der Waals surface area contributed by atoms with Crippen molar-refractivity contribution in [3.8, 4) is 22.8 Å². The molecule has 0 amide bonds. The van der Waals surface area contributed by atoms with Crippen LogP contribution >= 0.6 is 0 Å². The Hall–Kier alpha value is -2.79. The number of aromatic nitrogens is 1. The van der Waals surface area contributed by atoms with Crippen molar-refractivity contribution in [2.75, 3.05) is 21.0 Å². The monoisotopic (exact) mass is 351 g/mol. The summed E-state index contributed by atoms with van der Waals surface area (Å²) in [6.07, 6.45) is 0.814. The molecule has 2 aromatic carbocycles. The number of rotatable bonds is 4. The van der Waals surface area contributed by atoms with Crippen LogP contribution in [-0.4, -0.2) is 25.6 Å². The molecule has 0 saturated carbocycles. The van der Waals surface area contributed by atoms with Gasteiger partial charge in [0.25, 0.3) is 5.56 Å². The second kappa shape index (κ2) is 6.50. The summed E-state index contributed by atoms with van der Waals surface area (Å²) in [5.74, 6) is 1.39. The smallest absolute Gasteiger partial charge is 0.262 e. The maximum atomic E-state index is 13.1. The van der Waals surface area contributed by atoms with E-state index < -0.39 is 0 Å². The molecule has 1 aliphatic rings. The number of methoxy groups -OCH3 is 2. The zero-order valence-electron chi connectivity index (χ0n) is 15.2. The van der Waals surface area contributed by atoms with E-state index in [1.165, 1.54) is 5.56 Å². The number of aryl methyl sites for hydroxylation is 2. The van der Waals surface area contributed by atoms with E-state index >= 15 is 0 Å². The third-order valence-corrected chi connectivity index (χ3v) is 4.93. The van der Waals surface area contributed by atoms with Crippen LogP contribution in [0, 0.1) is 6.92 Å². The largest absolute Gasteiger partial charge is 0.496 e. The molecule has 0 bridgehead atoms. The molecule has 4 rings (SSSR count). The van der Waals surface area contributed by atoms with Gasteiger partial charge in [-0.25, -0.2) is 0 Å². The molecule has 1 aromatic heterocycles. The Morgan fingerprint density at radius 1 is 1.12 bits per heavy atom. The van der Waals surface area contributed by atoms with Crippen LogP contribution in [-0.2, 0) is 17.7 Å². The van der Waals surface area contributed by atoms with Gasteiger partial charge in [-0.15, -0.1) is 0 Å². The molecular weight excluding hydrogens is 330 g/mol. The number of hydrogen-bond donors (Lipinski definition) is 0. The second-order valence-corrected chi connectivity index (χ2v) is 6.49. The van der Waals surface area contributed by atoms with Gasteiger partial charge in [0.15, 0.2) is 6.79 Å². The minimum atomic E-state index is -0.0134. The van der Waals surface area contributed by atoms with Gasteiger partial charge in [-0.05, 0) is 48.1 Å². The Kier molecular flexibility index (Phi) is 4.17. The first-order chi connectivity index (χ1) is 12.6. The van der Waals surface area contributed by atoms with Gasteiger partial charge in [-0.3, -0.25) is 4.79 Å². The standard InChI is InChI=1S/C21H21NO4/c1-13-9-14-7-8-22-17(16(14)11-19(13)26-12-24-2)10-15-5-4-6-18(25-3)20(15)21(22)23/h4-6,9-11H,7-8,12H2,1-3H3. The average molecular weight is 351 g/mol. The SMILES string of the molecule is COCOc1cc2c(cc1C)CCn1c-2cc2cccc(OC)c2c1=O. The highest BCUT2D eigenvalue weighted by Crippen LogP contribution is 2.36.